The molecule has 0 saturated carbocycles. The molecule has 0 radical (unpaired) electrons. The highest BCUT2D eigenvalue weighted by molar-refractivity contribution is 6.30. The van der Waals surface area contributed by atoms with Gasteiger partial charge in [-0.1, -0.05) is 11.6 Å². The van der Waals surface area contributed by atoms with Gasteiger partial charge in [0.1, 0.15) is 11.6 Å². The number of hydrogen-bond donors (Lipinski definition) is 2. The molecule has 1 aromatic rings. The number of amides is 1. The van der Waals surface area contributed by atoms with E-state index in [0.29, 0.717) is 30.5 Å². The topological polar surface area (TPSA) is 74.1 Å². The Balaban J connectivity index is 2.45. The molecular weight excluding hydrogens is 290 g/mol. The van der Waals surface area contributed by atoms with Crippen molar-refractivity contribution in [1.82, 2.24) is 5.32 Å². The number of carbonyl (C=O) groups is 1. The molecule has 0 aliphatic carbocycles. The van der Waals surface area contributed by atoms with Crippen molar-refractivity contribution >= 4 is 23.2 Å². The average Bonchev–Trinajstić information content (AvgIpc) is 2.49. The van der Waals surface area contributed by atoms with E-state index >= 15 is 0 Å². The third-order valence-electron chi connectivity index (χ3n) is 2.53. The number of nitrogens with one attached hydrogen (secondary N) is 2. The molecule has 0 aliphatic heterocycles. The average molecular weight is 308 g/mol. The lowest BCUT2D eigenvalue weighted by Crippen LogP contribution is -2.17. The molecule has 0 bridgehead atoms. The van der Waals surface area contributed by atoms with Gasteiger partial charge in [0.15, 0.2) is 0 Å². The molecule has 6 heteroatoms. The third kappa shape index (κ3) is 6.80. The van der Waals surface area contributed by atoms with E-state index in [1.54, 1.807) is 24.3 Å². The van der Waals surface area contributed by atoms with E-state index in [-0.39, 0.29) is 5.57 Å². The fourth-order valence-corrected chi connectivity index (χ4v) is 1.60. The monoisotopic (exact) mass is 307 g/mol. The molecule has 5 nitrogen and oxygen atoms in total. The van der Waals surface area contributed by atoms with Gasteiger partial charge in [-0.2, -0.15) is 5.26 Å². The van der Waals surface area contributed by atoms with Gasteiger partial charge in [0.25, 0.3) is 5.91 Å². The number of halogens is 1. The van der Waals surface area contributed by atoms with Crippen LogP contribution in [-0.4, -0.2) is 25.7 Å². The summed E-state index contributed by atoms with van der Waals surface area (Å²) < 4.78 is 5.19. The Labute approximate surface area is 129 Å². The largest absolute Gasteiger partial charge is 0.390 e. The van der Waals surface area contributed by atoms with Crippen molar-refractivity contribution in [3.63, 3.8) is 0 Å². The Bertz CT molecular complexity index is 521. The lowest BCUT2D eigenvalue weighted by atomic mass is 10.2. The van der Waals surface area contributed by atoms with Crippen LogP contribution >= 0.6 is 11.6 Å². The normalized spacial score (nSPS) is 10.8. The number of nitriles is 1. The van der Waals surface area contributed by atoms with E-state index in [1.807, 2.05) is 13.0 Å². The summed E-state index contributed by atoms with van der Waals surface area (Å²) in [7, 11) is 0. The second-order valence-corrected chi connectivity index (χ2v) is 4.57. The Morgan fingerprint density at radius 3 is 2.76 bits per heavy atom. The number of anilines is 1. The lowest BCUT2D eigenvalue weighted by molar-refractivity contribution is -0.112. The Morgan fingerprint density at radius 2 is 2.14 bits per heavy atom. The van der Waals surface area contributed by atoms with Crippen molar-refractivity contribution in [2.75, 3.05) is 25.1 Å². The molecule has 1 rings (SSSR count). The summed E-state index contributed by atoms with van der Waals surface area (Å²) in [5.41, 5.74) is 0.600. The van der Waals surface area contributed by atoms with Gasteiger partial charge in [-0.3, -0.25) is 4.79 Å². The standard InChI is InChI=1S/C15H18ClN3O2/c1-2-21-9-3-8-18-11-12(10-17)15(20)19-14-6-4-13(16)5-7-14/h4-7,11,18H,2-3,8-9H2,1H3,(H,19,20)/b12-11-. The van der Waals surface area contributed by atoms with Crippen molar-refractivity contribution < 1.29 is 9.53 Å². The zero-order valence-electron chi connectivity index (χ0n) is 11.9. The summed E-state index contributed by atoms with van der Waals surface area (Å²) in [6, 6.07) is 8.54. The Morgan fingerprint density at radius 1 is 1.43 bits per heavy atom. The zero-order valence-corrected chi connectivity index (χ0v) is 12.6. The van der Waals surface area contributed by atoms with Gasteiger partial charge in [0, 0.05) is 36.7 Å². The second-order valence-electron chi connectivity index (χ2n) is 4.14. The second kappa shape index (κ2) is 9.81. The fraction of sp³-hybridized carbons (Fsp3) is 0.333. The van der Waals surface area contributed by atoms with E-state index in [2.05, 4.69) is 10.6 Å². The van der Waals surface area contributed by atoms with E-state index in [9.17, 15) is 4.79 Å². The minimum absolute atomic E-state index is 0.0151. The maximum absolute atomic E-state index is 11.9. The maximum atomic E-state index is 11.9. The minimum atomic E-state index is -0.461. The van der Waals surface area contributed by atoms with Crippen LogP contribution < -0.4 is 10.6 Å². The summed E-state index contributed by atoms with van der Waals surface area (Å²) in [5, 5.41) is 15.1. The number of carbonyl (C=O) groups excluding carboxylic acids is 1. The summed E-state index contributed by atoms with van der Waals surface area (Å²) in [4.78, 5) is 11.9. The first-order valence-corrected chi connectivity index (χ1v) is 7.03. The van der Waals surface area contributed by atoms with Crippen LogP contribution in [0.1, 0.15) is 13.3 Å². The molecule has 0 heterocycles. The molecule has 0 fully saturated rings. The fourth-order valence-electron chi connectivity index (χ4n) is 1.48. The predicted molar refractivity (Wildman–Crippen MR) is 82.9 cm³/mol. The molecule has 0 saturated heterocycles. The van der Waals surface area contributed by atoms with Crippen molar-refractivity contribution in [1.29, 1.82) is 5.26 Å². The van der Waals surface area contributed by atoms with Crippen LogP contribution in [0.25, 0.3) is 0 Å². The molecule has 0 atom stereocenters. The van der Waals surface area contributed by atoms with Gasteiger partial charge >= 0.3 is 0 Å². The smallest absolute Gasteiger partial charge is 0.267 e. The van der Waals surface area contributed by atoms with Crippen LogP contribution in [0.2, 0.25) is 5.02 Å². The number of nitrogens with zero attached hydrogens (tertiary/aromatic N) is 1. The van der Waals surface area contributed by atoms with Gasteiger partial charge in [-0.25, -0.2) is 0 Å². The van der Waals surface area contributed by atoms with E-state index < -0.39 is 5.91 Å². The predicted octanol–water partition coefficient (Wildman–Crippen LogP) is 2.70. The molecule has 1 aromatic carbocycles. The van der Waals surface area contributed by atoms with Gasteiger partial charge in [-0.15, -0.1) is 0 Å². The Hall–Kier alpha value is -2.03. The van der Waals surface area contributed by atoms with Crippen molar-refractivity contribution in [3.8, 4) is 6.07 Å². The highest BCUT2D eigenvalue weighted by atomic mass is 35.5. The highest BCUT2D eigenvalue weighted by Crippen LogP contribution is 2.13. The Kier molecular flexibility index (Phi) is 7.95. The molecule has 2 N–H and O–H groups in total. The molecule has 0 aliphatic rings. The van der Waals surface area contributed by atoms with Crippen LogP contribution in [0.15, 0.2) is 36.0 Å². The molecule has 1 amide bonds. The lowest BCUT2D eigenvalue weighted by Gasteiger charge is -2.05. The summed E-state index contributed by atoms with van der Waals surface area (Å²) in [5.74, 6) is -0.461. The van der Waals surface area contributed by atoms with Crippen LogP contribution in [0.3, 0.4) is 0 Å². The molecule has 0 spiro atoms. The SMILES string of the molecule is CCOCCCN/C=C(/C#N)C(=O)Nc1ccc(Cl)cc1. The summed E-state index contributed by atoms with van der Waals surface area (Å²) in [6.45, 7) is 3.90. The number of hydrogen-bond acceptors (Lipinski definition) is 4. The summed E-state index contributed by atoms with van der Waals surface area (Å²) >= 11 is 5.76. The molecule has 0 unspecified atom stereocenters. The van der Waals surface area contributed by atoms with Crippen molar-refractivity contribution in [2.24, 2.45) is 0 Å². The van der Waals surface area contributed by atoms with Crippen LogP contribution in [0.5, 0.6) is 0 Å². The van der Waals surface area contributed by atoms with E-state index in [1.165, 1.54) is 6.20 Å². The van der Waals surface area contributed by atoms with Gasteiger partial charge in [0.05, 0.1) is 0 Å². The zero-order chi connectivity index (χ0) is 15.5. The van der Waals surface area contributed by atoms with Gasteiger partial charge in [0.2, 0.25) is 0 Å². The quantitative estimate of drug-likeness (QED) is 0.440. The first-order valence-electron chi connectivity index (χ1n) is 6.65. The number of rotatable bonds is 8. The summed E-state index contributed by atoms with van der Waals surface area (Å²) in [6.07, 6.45) is 2.22. The molecule has 112 valence electrons. The van der Waals surface area contributed by atoms with Crippen LogP contribution in [0.4, 0.5) is 5.69 Å². The first kappa shape index (κ1) is 17.0. The maximum Gasteiger partial charge on any atom is 0.267 e. The van der Waals surface area contributed by atoms with E-state index in [4.69, 9.17) is 21.6 Å². The van der Waals surface area contributed by atoms with E-state index in [0.717, 1.165) is 6.42 Å². The van der Waals surface area contributed by atoms with Crippen LogP contribution in [-0.2, 0) is 9.53 Å². The van der Waals surface area contributed by atoms with Gasteiger partial charge < -0.3 is 15.4 Å². The van der Waals surface area contributed by atoms with Crippen molar-refractivity contribution in [3.05, 3.63) is 41.1 Å². The highest BCUT2D eigenvalue weighted by Gasteiger charge is 2.08. The molecular formula is C15H18ClN3O2. The van der Waals surface area contributed by atoms with Crippen LogP contribution in [0, 0.1) is 11.3 Å². The molecule has 0 aromatic heterocycles. The first-order chi connectivity index (χ1) is 10.2. The van der Waals surface area contributed by atoms with Crippen molar-refractivity contribution in [2.45, 2.75) is 13.3 Å². The molecule has 21 heavy (non-hydrogen) atoms. The number of benzene rings is 1. The minimum Gasteiger partial charge on any atom is -0.390 e. The number of ether oxygens (including phenoxy) is 1. The third-order valence-corrected chi connectivity index (χ3v) is 2.78. The van der Waals surface area contributed by atoms with Gasteiger partial charge in [-0.05, 0) is 37.6 Å².